The molecule has 0 saturated carbocycles. The Morgan fingerprint density at radius 2 is 0.618 bits per heavy atom. The first kappa shape index (κ1) is 40.5. The molecule has 11 aromatic carbocycles. The van der Waals surface area contributed by atoms with Gasteiger partial charge >= 0.3 is 0 Å². The van der Waals surface area contributed by atoms with Gasteiger partial charge in [-0.15, -0.1) is 0 Å². The van der Waals surface area contributed by atoms with E-state index in [0.29, 0.717) is 0 Å². The lowest BCUT2D eigenvalue weighted by Gasteiger charge is -2.29. The van der Waals surface area contributed by atoms with Crippen molar-refractivity contribution in [1.82, 2.24) is 4.57 Å². The van der Waals surface area contributed by atoms with Gasteiger partial charge in [0.2, 0.25) is 0 Å². The fraction of sp³-hybridized carbons (Fsp3) is 0. The smallest absolute Gasteiger partial charge is 0.0541 e. The maximum atomic E-state index is 2.43. The number of para-hydroxylation sites is 3. The van der Waals surface area contributed by atoms with E-state index in [0.717, 1.165) is 45.0 Å². The molecule has 12 aromatic rings. The zero-order valence-corrected chi connectivity index (χ0v) is 37.5. The highest BCUT2D eigenvalue weighted by atomic mass is 15.1. The van der Waals surface area contributed by atoms with Crippen LogP contribution in [0.1, 0.15) is 0 Å². The Kier molecular flexibility index (Phi) is 10.6. The van der Waals surface area contributed by atoms with Gasteiger partial charge in [0.05, 0.1) is 22.4 Å². The third kappa shape index (κ3) is 7.64. The van der Waals surface area contributed by atoms with Gasteiger partial charge in [0.15, 0.2) is 0 Å². The van der Waals surface area contributed by atoms with E-state index in [1.165, 1.54) is 66.3 Å². The van der Waals surface area contributed by atoms with E-state index >= 15 is 0 Å². The van der Waals surface area contributed by atoms with Crippen LogP contribution in [0.3, 0.4) is 0 Å². The number of rotatable bonds is 10. The van der Waals surface area contributed by atoms with Crippen molar-refractivity contribution in [1.29, 1.82) is 0 Å². The highest BCUT2D eigenvalue weighted by molar-refractivity contribution is 6.10. The minimum Gasteiger partial charge on any atom is -0.310 e. The van der Waals surface area contributed by atoms with E-state index in [1.54, 1.807) is 0 Å². The average Bonchev–Trinajstić information content (AvgIpc) is 3.76. The number of fused-ring (bicyclic) bond motifs is 3. The second-order valence-electron chi connectivity index (χ2n) is 17.3. The predicted molar refractivity (Wildman–Crippen MR) is 288 cm³/mol. The average molecular weight is 867 g/mol. The quantitative estimate of drug-likeness (QED) is 0.133. The Morgan fingerprint density at radius 3 is 1.16 bits per heavy atom. The van der Waals surface area contributed by atoms with E-state index in [2.05, 4.69) is 289 Å². The molecule has 0 spiro atoms. The highest BCUT2D eigenvalue weighted by Gasteiger charge is 2.21. The van der Waals surface area contributed by atoms with Crippen molar-refractivity contribution in [3.8, 4) is 72.4 Å². The zero-order valence-electron chi connectivity index (χ0n) is 37.5. The molecule has 2 heteroatoms. The monoisotopic (exact) mass is 866 g/mol. The van der Waals surface area contributed by atoms with E-state index in [9.17, 15) is 0 Å². The van der Waals surface area contributed by atoms with E-state index in [4.69, 9.17) is 0 Å². The van der Waals surface area contributed by atoms with Crippen molar-refractivity contribution in [3.05, 3.63) is 279 Å². The molecule has 0 saturated heterocycles. The van der Waals surface area contributed by atoms with Crippen LogP contribution in [0.2, 0.25) is 0 Å². The first-order valence-electron chi connectivity index (χ1n) is 23.3. The molecular formula is C66H46N2. The molecule has 0 aliphatic rings. The summed E-state index contributed by atoms with van der Waals surface area (Å²) in [7, 11) is 0. The van der Waals surface area contributed by atoms with E-state index in [1.807, 2.05) is 0 Å². The fourth-order valence-electron chi connectivity index (χ4n) is 9.87. The van der Waals surface area contributed by atoms with Crippen LogP contribution in [0, 0.1) is 0 Å². The van der Waals surface area contributed by atoms with Gasteiger partial charge in [-0.25, -0.2) is 0 Å². The van der Waals surface area contributed by atoms with Crippen LogP contribution in [-0.4, -0.2) is 4.57 Å². The normalized spacial score (nSPS) is 11.2. The summed E-state index contributed by atoms with van der Waals surface area (Å²) in [6.07, 6.45) is 0. The third-order valence-electron chi connectivity index (χ3n) is 13.2. The van der Waals surface area contributed by atoms with Crippen LogP contribution in [0.25, 0.3) is 94.3 Å². The van der Waals surface area contributed by atoms with Crippen LogP contribution in [0.5, 0.6) is 0 Å². The molecule has 0 fully saturated rings. The van der Waals surface area contributed by atoms with Crippen molar-refractivity contribution in [2.45, 2.75) is 0 Å². The van der Waals surface area contributed by atoms with Gasteiger partial charge in [0, 0.05) is 33.3 Å². The molecule has 1 heterocycles. The molecule has 0 aliphatic heterocycles. The summed E-state index contributed by atoms with van der Waals surface area (Å²) in [6.45, 7) is 0. The molecule has 0 aliphatic carbocycles. The maximum Gasteiger partial charge on any atom is 0.0541 e. The minimum absolute atomic E-state index is 1.07. The molecular weight excluding hydrogens is 821 g/mol. The van der Waals surface area contributed by atoms with Crippen LogP contribution >= 0.6 is 0 Å². The molecule has 2 nitrogen and oxygen atoms in total. The molecule has 0 bridgehead atoms. The SMILES string of the molecule is c1ccc(-c2ccc(-c3cc(-c4ccccc4-n4c5ccccc5c5ccccc54)ccc3N(c3ccc(-c4ccccc4)cc3)c3ccc(-c4cccc(-c5ccccc5)c4)cc3)cc2)cc1. The summed E-state index contributed by atoms with van der Waals surface area (Å²) in [4.78, 5) is 2.42. The van der Waals surface area contributed by atoms with E-state index in [-0.39, 0.29) is 0 Å². The van der Waals surface area contributed by atoms with Gasteiger partial charge in [0.1, 0.15) is 0 Å². The van der Waals surface area contributed by atoms with Crippen molar-refractivity contribution in [3.63, 3.8) is 0 Å². The predicted octanol–water partition coefficient (Wildman–Crippen LogP) is 18.3. The molecule has 68 heavy (non-hydrogen) atoms. The minimum atomic E-state index is 1.07. The Morgan fingerprint density at radius 1 is 0.235 bits per heavy atom. The Bertz CT molecular complexity index is 3630. The second-order valence-corrected chi connectivity index (χ2v) is 17.3. The van der Waals surface area contributed by atoms with E-state index < -0.39 is 0 Å². The first-order valence-corrected chi connectivity index (χ1v) is 23.3. The van der Waals surface area contributed by atoms with Crippen molar-refractivity contribution in [2.75, 3.05) is 4.90 Å². The molecule has 0 amide bonds. The summed E-state index contributed by atoms with van der Waals surface area (Å²) in [6, 6.07) is 101. The van der Waals surface area contributed by atoms with Gasteiger partial charge in [-0.1, -0.05) is 218 Å². The lowest BCUT2D eigenvalue weighted by Crippen LogP contribution is -2.11. The van der Waals surface area contributed by atoms with Gasteiger partial charge in [-0.05, 0) is 116 Å². The topological polar surface area (TPSA) is 8.17 Å². The van der Waals surface area contributed by atoms with Gasteiger partial charge in [0.25, 0.3) is 0 Å². The van der Waals surface area contributed by atoms with Crippen LogP contribution < -0.4 is 4.90 Å². The maximum absolute atomic E-state index is 2.43. The summed E-state index contributed by atoms with van der Waals surface area (Å²) in [5.74, 6) is 0. The zero-order chi connectivity index (χ0) is 45.2. The molecule has 0 atom stereocenters. The van der Waals surface area contributed by atoms with Gasteiger partial charge < -0.3 is 9.47 Å². The summed E-state index contributed by atoms with van der Waals surface area (Å²) < 4.78 is 2.43. The molecule has 1 aromatic heterocycles. The Balaban J connectivity index is 1.04. The number of aromatic nitrogens is 1. The fourth-order valence-corrected chi connectivity index (χ4v) is 9.87. The van der Waals surface area contributed by atoms with Crippen LogP contribution in [0.4, 0.5) is 17.1 Å². The Hall–Kier alpha value is -8.98. The van der Waals surface area contributed by atoms with Gasteiger partial charge in [-0.3, -0.25) is 0 Å². The number of anilines is 3. The molecule has 0 radical (unpaired) electrons. The Labute approximate surface area is 397 Å². The number of hydrogen-bond donors (Lipinski definition) is 0. The van der Waals surface area contributed by atoms with Gasteiger partial charge in [-0.2, -0.15) is 0 Å². The largest absolute Gasteiger partial charge is 0.310 e. The molecule has 0 unspecified atom stereocenters. The molecule has 0 N–H and O–H groups in total. The van der Waals surface area contributed by atoms with Crippen LogP contribution in [0.15, 0.2) is 279 Å². The summed E-state index contributed by atoms with van der Waals surface area (Å²) >= 11 is 0. The van der Waals surface area contributed by atoms with Crippen molar-refractivity contribution >= 4 is 38.9 Å². The lowest BCUT2D eigenvalue weighted by atomic mass is 9.93. The summed E-state index contributed by atoms with van der Waals surface area (Å²) in [5, 5.41) is 2.49. The summed E-state index contributed by atoms with van der Waals surface area (Å²) in [5.41, 5.74) is 20.8. The number of benzene rings is 11. The molecule has 320 valence electrons. The lowest BCUT2D eigenvalue weighted by molar-refractivity contribution is 1.18. The standard InChI is InChI=1S/C66H46N2/c1-4-17-47(18-5-1)50-31-33-53(34-32-50)62-46-56(59-25-10-13-28-63(59)68-64-29-14-11-26-60(64)61-27-12-15-30-65(61)68)39-44-66(62)67(57-40-35-51(36-41-57)48-19-6-2-7-20-48)58-42-37-52(38-43-58)55-24-16-23-54(45-55)49-21-8-3-9-22-49/h1-46H. The highest BCUT2D eigenvalue weighted by Crippen LogP contribution is 2.45. The second kappa shape index (κ2) is 17.8. The van der Waals surface area contributed by atoms with Crippen LogP contribution in [-0.2, 0) is 0 Å². The van der Waals surface area contributed by atoms with Crippen molar-refractivity contribution in [2.24, 2.45) is 0 Å². The molecule has 12 rings (SSSR count). The third-order valence-corrected chi connectivity index (χ3v) is 13.2. The number of nitrogens with zero attached hydrogens (tertiary/aromatic N) is 2. The first-order chi connectivity index (χ1) is 33.7. The number of hydrogen-bond acceptors (Lipinski definition) is 1. The van der Waals surface area contributed by atoms with Crippen molar-refractivity contribution < 1.29 is 0 Å².